The highest BCUT2D eigenvalue weighted by molar-refractivity contribution is 5.26. The molecule has 0 radical (unpaired) electrons. The van der Waals surface area contributed by atoms with Crippen LogP contribution in [0.2, 0.25) is 0 Å². The van der Waals surface area contributed by atoms with Gasteiger partial charge < -0.3 is 15.2 Å². The summed E-state index contributed by atoms with van der Waals surface area (Å²) in [5, 5.41) is 28.8. The number of rotatable bonds is 9. The zero-order valence-corrected chi connectivity index (χ0v) is 14.0. The van der Waals surface area contributed by atoms with Crippen LogP contribution >= 0.6 is 0 Å². The van der Waals surface area contributed by atoms with Gasteiger partial charge in [0.1, 0.15) is 12.7 Å². The van der Waals surface area contributed by atoms with Crippen LogP contribution in [0.25, 0.3) is 0 Å². The zero-order chi connectivity index (χ0) is 17.2. The number of nitrogens with one attached hydrogen (secondary N) is 1. The highest BCUT2D eigenvalue weighted by atomic mass is 16.5. The molecule has 0 aliphatic heterocycles. The lowest BCUT2D eigenvalue weighted by atomic mass is 10.2. The van der Waals surface area contributed by atoms with Gasteiger partial charge in [-0.2, -0.15) is 5.11 Å². The van der Waals surface area contributed by atoms with Crippen LogP contribution in [0.3, 0.4) is 0 Å². The van der Waals surface area contributed by atoms with E-state index in [-0.39, 0.29) is 12.6 Å². The van der Waals surface area contributed by atoms with Crippen molar-refractivity contribution in [2.45, 2.75) is 32.5 Å². The van der Waals surface area contributed by atoms with Gasteiger partial charge in [0.2, 0.25) is 5.88 Å². The smallest absolute Gasteiger partial charge is 0.233 e. The Labute approximate surface area is 141 Å². The number of benzene rings is 1. The van der Waals surface area contributed by atoms with Crippen molar-refractivity contribution in [1.82, 2.24) is 15.5 Å². The molecule has 2 N–H and O–H groups in total. The molecule has 0 bridgehead atoms. The van der Waals surface area contributed by atoms with Gasteiger partial charge in [-0.15, -0.1) is 15.3 Å². The number of ether oxygens (including phenoxy) is 1. The lowest BCUT2D eigenvalue weighted by Gasteiger charge is -2.12. The molecule has 1 aromatic carbocycles. The number of hydrogen-bond acceptors (Lipinski definition) is 7. The lowest BCUT2D eigenvalue weighted by molar-refractivity contribution is 0.103. The Morgan fingerprint density at radius 3 is 2.58 bits per heavy atom. The summed E-state index contributed by atoms with van der Waals surface area (Å²) in [6, 6.07) is 13.5. The first-order valence-electron chi connectivity index (χ1n) is 7.93. The van der Waals surface area contributed by atoms with Crippen molar-refractivity contribution in [3.63, 3.8) is 0 Å². The third kappa shape index (κ3) is 6.80. The number of aliphatic hydroxyl groups is 1. The second-order valence-corrected chi connectivity index (χ2v) is 5.62. The molecule has 7 nitrogen and oxygen atoms in total. The fraction of sp³-hybridized carbons (Fsp3) is 0.412. The maximum atomic E-state index is 9.92. The molecule has 2 rings (SSSR count). The lowest BCUT2D eigenvalue weighted by Crippen LogP contribution is -2.31. The standard InChI is InChI=1S/C17H23N5O2/c1-13(2)19-20-16-8-9-17(22-21-16)24-12-15(23)11-18-10-14-6-4-3-5-7-14/h3-9,13,15,18,23H,10-12H2,1-2H3. The second-order valence-electron chi connectivity index (χ2n) is 5.62. The molecule has 1 heterocycles. The summed E-state index contributed by atoms with van der Waals surface area (Å²) >= 11 is 0. The normalized spacial score (nSPS) is 12.7. The highest BCUT2D eigenvalue weighted by Gasteiger charge is 2.06. The van der Waals surface area contributed by atoms with Crippen LogP contribution in [0.5, 0.6) is 5.88 Å². The van der Waals surface area contributed by atoms with Gasteiger partial charge in [0.15, 0.2) is 5.82 Å². The molecule has 0 spiro atoms. The van der Waals surface area contributed by atoms with Crippen LogP contribution in [-0.4, -0.2) is 40.6 Å². The third-order valence-corrected chi connectivity index (χ3v) is 2.99. The van der Waals surface area contributed by atoms with Gasteiger partial charge in [-0.1, -0.05) is 30.3 Å². The van der Waals surface area contributed by atoms with E-state index < -0.39 is 6.10 Å². The maximum Gasteiger partial charge on any atom is 0.233 e. The molecule has 7 heteroatoms. The van der Waals surface area contributed by atoms with Crippen LogP contribution in [0.15, 0.2) is 52.7 Å². The van der Waals surface area contributed by atoms with Crippen LogP contribution in [0, 0.1) is 0 Å². The summed E-state index contributed by atoms with van der Waals surface area (Å²) < 4.78 is 5.42. The topological polar surface area (TPSA) is 92.0 Å². The van der Waals surface area contributed by atoms with Crippen molar-refractivity contribution in [3.8, 4) is 5.88 Å². The maximum absolute atomic E-state index is 9.92. The minimum absolute atomic E-state index is 0.112. The highest BCUT2D eigenvalue weighted by Crippen LogP contribution is 2.12. The average Bonchev–Trinajstić information content (AvgIpc) is 2.60. The summed E-state index contributed by atoms with van der Waals surface area (Å²) in [5.41, 5.74) is 1.17. The average molecular weight is 329 g/mol. The molecule has 1 aromatic heterocycles. The van der Waals surface area contributed by atoms with E-state index in [9.17, 15) is 5.11 Å². The van der Waals surface area contributed by atoms with Crippen molar-refractivity contribution in [2.24, 2.45) is 10.2 Å². The monoisotopic (exact) mass is 329 g/mol. The predicted octanol–water partition coefficient (Wildman–Crippen LogP) is 2.50. The van der Waals surface area contributed by atoms with Gasteiger partial charge in [0.05, 0.1) is 6.04 Å². The minimum Gasteiger partial charge on any atom is -0.474 e. The van der Waals surface area contributed by atoms with E-state index in [4.69, 9.17) is 4.74 Å². The largest absolute Gasteiger partial charge is 0.474 e. The van der Waals surface area contributed by atoms with Crippen molar-refractivity contribution < 1.29 is 9.84 Å². The number of azo groups is 1. The Kier molecular flexibility index (Phi) is 7.25. The van der Waals surface area contributed by atoms with E-state index in [0.29, 0.717) is 24.8 Å². The van der Waals surface area contributed by atoms with Crippen molar-refractivity contribution in [3.05, 3.63) is 48.0 Å². The van der Waals surface area contributed by atoms with E-state index in [1.165, 1.54) is 5.56 Å². The minimum atomic E-state index is -0.629. The molecule has 0 aliphatic carbocycles. The van der Waals surface area contributed by atoms with E-state index in [0.717, 1.165) is 0 Å². The molecule has 0 saturated heterocycles. The summed E-state index contributed by atoms with van der Waals surface area (Å²) in [5.74, 6) is 0.779. The number of nitrogens with zero attached hydrogens (tertiary/aromatic N) is 4. The zero-order valence-electron chi connectivity index (χ0n) is 14.0. The van der Waals surface area contributed by atoms with Crippen molar-refractivity contribution in [2.75, 3.05) is 13.2 Å². The number of aliphatic hydroxyl groups excluding tert-OH is 1. The molecule has 2 aromatic rings. The van der Waals surface area contributed by atoms with E-state index >= 15 is 0 Å². The Morgan fingerprint density at radius 2 is 1.92 bits per heavy atom. The van der Waals surface area contributed by atoms with E-state index in [1.807, 2.05) is 44.2 Å². The Balaban J connectivity index is 1.68. The summed E-state index contributed by atoms with van der Waals surface area (Å²) in [6.45, 7) is 5.14. The van der Waals surface area contributed by atoms with Gasteiger partial charge in [-0.3, -0.25) is 0 Å². The summed E-state index contributed by atoms with van der Waals surface area (Å²) in [7, 11) is 0. The summed E-state index contributed by atoms with van der Waals surface area (Å²) in [4.78, 5) is 0. The van der Waals surface area contributed by atoms with Gasteiger partial charge in [0, 0.05) is 19.2 Å². The predicted molar refractivity (Wildman–Crippen MR) is 91.3 cm³/mol. The van der Waals surface area contributed by atoms with Gasteiger partial charge in [-0.25, -0.2) is 0 Å². The Morgan fingerprint density at radius 1 is 1.12 bits per heavy atom. The molecular formula is C17H23N5O2. The number of aromatic nitrogens is 2. The van der Waals surface area contributed by atoms with E-state index in [1.54, 1.807) is 12.1 Å². The van der Waals surface area contributed by atoms with E-state index in [2.05, 4.69) is 25.7 Å². The Hall–Kier alpha value is -2.38. The van der Waals surface area contributed by atoms with Crippen LogP contribution in [-0.2, 0) is 6.54 Å². The van der Waals surface area contributed by atoms with Crippen LogP contribution < -0.4 is 10.1 Å². The molecule has 1 atom stereocenters. The molecule has 24 heavy (non-hydrogen) atoms. The van der Waals surface area contributed by atoms with Crippen molar-refractivity contribution >= 4 is 5.82 Å². The third-order valence-electron chi connectivity index (χ3n) is 2.99. The number of hydrogen-bond donors (Lipinski definition) is 2. The Bertz CT molecular complexity index is 617. The first kappa shape index (κ1) is 18.0. The fourth-order valence-electron chi connectivity index (χ4n) is 1.84. The molecule has 0 amide bonds. The molecule has 128 valence electrons. The van der Waals surface area contributed by atoms with Gasteiger partial charge in [-0.05, 0) is 25.5 Å². The molecule has 0 saturated carbocycles. The van der Waals surface area contributed by atoms with Crippen LogP contribution in [0.1, 0.15) is 19.4 Å². The SMILES string of the molecule is CC(C)N=Nc1ccc(OCC(O)CNCc2ccccc2)nn1. The molecular weight excluding hydrogens is 306 g/mol. The molecule has 0 aliphatic rings. The second kappa shape index (κ2) is 9.69. The molecule has 1 unspecified atom stereocenters. The quantitative estimate of drug-likeness (QED) is 0.690. The van der Waals surface area contributed by atoms with Gasteiger partial charge >= 0.3 is 0 Å². The van der Waals surface area contributed by atoms with Crippen molar-refractivity contribution in [1.29, 1.82) is 0 Å². The first-order valence-corrected chi connectivity index (χ1v) is 7.93. The van der Waals surface area contributed by atoms with Gasteiger partial charge in [0.25, 0.3) is 0 Å². The first-order chi connectivity index (χ1) is 11.6. The van der Waals surface area contributed by atoms with Crippen LogP contribution in [0.4, 0.5) is 5.82 Å². The molecule has 0 fully saturated rings. The fourth-order valence-corrected chi connectivity index (χ4v) is 1.84. The summed E-state index contributed by atoms with van der Waals surface area (Å²) in [6.07, 6.45) is -0.629.